The fourth-order valence-electron chi connectivity index (χ4n) is 4.31. The minimum atomic E-state index is 0.699. The maximum atomic E-state index is 5.90. The van der Waals surface area contributed by atoms with Crippen molar-refractivity contribution in [2.75, 3.05) is 13.2 Å². The van der Waals surface area contributed by atoms with Crippen molar-refractivity contribution >= 4 is 22.7 Å². The van der Waals surface area contributed by atoms with Gasteiger partial charge in [0.25, 0.3) is 0 Å². The number of nitrogens with zero attached hydrogens (tertiary/aromatic N) is 4. The normalized spacial score (nSPS) is 11.4. The van der Waals surface area contributed by atoms with Gasteiger partial charge in [0, 0.05) is 0 Å². The zero-order valence-corrected chi connectivity index (χ0v) is 24.9. The maximum absolute atomic E-state index is 5.90. The summed E-state index contributed by atoms with van der Waals surface area (Å²) in [5.74, 6) is 1.71. The van der Waals surface area contributed by atoms with Gasteiger partial charge < -0.3 is 9.47 Å². The van der Waals surface area contributed by atoms with Crippen LogP contribution in [0.25, 0.3) is 0 Å². The van der Waals surface area contributed by atoms with Crippen molar-refractivity contribution in [1.82, 2.24) is 0 Å². The molecule has 0 aliphatic heterocycles. The van der Waals surface area contributed by atoms with Crippen LogP contribution >= 0.6 is 0 Å². The van der Waals surface area contributed by atoms with Gasteiger partial charge in [-0.1, -0.05) is 49.6 Å². The van der Waals surface area contributed by atoms with Crippen molar-refractivity contribution in [3.8, 4) is 11.5 Å². The first-order chi connectivity index (χ1) is 20.7. The van der Waals surface area contributed by atoms with Crippen molar-refractivity contribution in [2.24, 2.45) is 20.5 Å². The standard InChI is InChI=1S/C36H42N4O2/c1-3-4-7-10-30-13-17-32(18-14-30)38-40-34-21-25-36(26-22-34)42-28-9-6-5-8-27-41-35-23-19-33(20-24-35)39-37-31-15-11-29(2)12-16-31/h11-26H,3-10,27-28H2,1-2H3. The summed E-state index contributed by atoms with van der Waals surface area (Å²) < 4.78 is 11.8. The van der Waals surface area contributed by atoms with Gasteiger partial charge in [0.05, 0.1) is 36.0 Å². The summed E-state index contributed by atoms with van der Waals surface area (Å²) in [6.45, 7) is 5.68. The molecule has 0 spiro atoms. The smallest absolute Gasteiger partial charge is 0.119 e. The molecule has 0 amide bonds. The highest BCUT2D eigenvalue weighted by Gasteiger charge is 1.99. The molecule has 4 aromatic rings. The highest BCUT2D eigenvalue weighted by Crippen LogP contribution is 2.23. The fraction of sp³-hybridized carbons (Fsp3) is 0.333. The number of hydrogen-bond acceptors (Lipinski definition) is 6. The highest BCUT2D eigenvalue weighted by molar-refractivity contribution is 5.44. The molecule has 0 aliphatic carbocycles. The minimum Gasteiger partial charge on any atom is -0.494 e. The van der Waals surface area contributed by atoms with Gasteiger partial charge in [-0.3, -0.25) is 0 Å². The second-order valence-electron chi connectivity index (χ2n) is 10.5. The molecule has 6 heteroatoms. The fourth-order valence-corrected chi connectivity index (χ4v) is 4.31. The molecule has 0 atom stereocenters. The Hall–Kier alpha value is -4.32. The molecule has 0 saturated carbocycles. The molecule has 0 unspecified atom stereocenters. The Balaban J connectivity index is 1.05. The molecule has 4 rings (SSSR count). The molecule has 0 aromatic heterocycles. The van der Waals surface area contributed by atoms with Crippen molar-refractivity contribution in [2.45, 2.75) is 65.2 Å². The molecule has 0 fully saturated rings. The molecule has 0 N–H and O–H groups in total. The number of aryl methyl sites for hydroxylation is 2. The third kappa shape index (κ3) is 11.3. The Kier molecular flexibility index (Phi) is 12.8. The Bertz CT molecular complexity index is 1360. The van der Waals surface area contributed by atoms with E-state index in [-0.39, 0.29) is 0 Å². The topological polar surface area (TPSA) is 67.9 Å². The van der Waals surface area contributed by atoms with E-state index < -0.39 is 0 Å². The van der Waals surface area contributed by atoms with Crippen LogP contribution in [0.2, 0.25) is 0 Å². The van der Waals surface area contributed by atoms with Crippen LogP contribution in [-0.2, 0) is 6.42 Å². The summed E-state index contributed by atoms with van der Waals surface area (Å²) >= 11 is 0. The van der Waals surface area contributed by atoms with Crippen LogP contribution in [0.3, 0.4) is 0 Å². The van der Waals surface area contributed by atoms with Crippen LogP contribution in [0, 0.1) is 6.92 Å². The molecular formula is C36H42N4O2. The second-order valence-corrected chi connectivity index (χ2v) is 10.5. The lowest BCUT2D eigenvalue weighted by molar-refractivity contribution is 0.287. The molecule has 0 saturated heterocycles. The number of hydrogen-bond donors (Lipinski definition) is 0. The van der Waals surface area contributed by atoms with Crippen molar-refractivity contribution in [1.29, 1.82) is 0 Å². The van der Waals surface area contributed by atoms with Gasteiger partial charge >= 0.3 is 0 Å². The lowest BCUT2D eigenvalue weighted by Gasteiger charge is -2.07. The number of ether oxygens (including phenoxy) is 2. The molecule has 42 heavy (non-hydrogen) atoms. The summed E-state index contributed by atoms with van der Waals surface area (Å²) in [5, 5.41) is 17.3. The van der Waals surface area contributed by atoms with E-state index in [0.29, 0.717) is 13.2 Å². The Morgan fingerprint density at radius 1 is 0.452 bits per heavy atom. The number of unbranched alkanes of at least 4 members (excludes halogenated alkanes) is 5. The summed E-state index contributed by atoms with van der Waals surface area (Å²) in [5.41, 5.74) is 5.90. The van der Waals surface area contributed by atoms with Gasteiger partial charge in [-0.05, 0) is 124 Å². The molecule has 0 bridgehead atoms. The highest BCUT2D eigenvalue weighted by atomic mass is 16.5. The quantitative estimate of drug-likeness (QED) is 0.0948. The molecule has 218 valence electrons. The number of benzene rings is 4. The van der Waals surface area contributed by atoms with E-state index in [1.54, 1.807) is 0 Å². The average Bonchev–Trinajstić information content (AvgIpc) is 3.03. The summed E-state index contributed by atoms with van der Waals surface area (Å²) in [4.78, 5) is 0. The summed E-state index contributed by atoms with van der Waals surface area (Å²) in [6.07, 6.45) is 9.11. The Morgan fingerprint density at radius 3 is 1.29 bits per heavy atom. The van der Waals surface area contributed by atoms with Gasteiger partial charge in [0.1, 0.15) is 11.5 Å². The molecule has 4 aromatic carbocycles. The van der Waals surface area contributed by atoms with E-state index in [4.69, 9.17) is 9.47 Å². The van der Waals surface area contributed by atoms with Crippen LogP contribution in [0.15, 0.2) is 118 Å². The molecule has 6 nitrogen and oxygen atoms in total. The van der Waals surface area contributed by atoms with Crippen LogP contribution < -0.4 is 9.47 Å². The van der Waals surface area contributed by atoms with Gasteiger partial charge in [0.2, 0.25) is 0 Å². The first kappa shape index (κ1) is 30.6. The second kappa shape index (κ2) is 17.5. The average molecular weight is 563 g/mol. The van der Waals surface area contributed by atoms with E-state index >= 15 is 0 Å². The van der Waals surface area contributed by atoms with Gasteiger partial charge in [0.15, 0.2) is 0 Å². The Labute approximate surface area is 250 Å². The van der Waals surface area contributed by atoms with E-state index in [1.165, 1.54) is 30.4 Å². The van der Waals surface area contributed by atoms with Gasteiger partial charge in [-0.15, -0.1) is 0 Å². The zero-order chi connectivity index (χ0) is 29.2. The molecule has 0 aliphatic rings. The first-order valence-corrected chi connectivity index (χ1v) is 15.1. The monoisotopic (exact) mass is 562 g/mol. The summed E-state index contributed by atoms with van der Waals surface area (Å²) in [6, 6.07) is 31.9. The lowest BCUT2D eigenvalue weighted by atomic mass is 10.1. The van der Waals surface area contributed by atoms with Crippen LogP contribution in [0.1, 0.15) is 63.0 Å². The third-order valence-corrected chi connectivity index (χ3v) is 6.85. The largest absolute Gasteiger partial charge is 0.494 e. The van der Waals surface area contributed by atoms with Gasteiger partial charge in [-0.2, -0.15) is 20.5 Å². The van der Waals surface area contributed by atoms with Gasteiger partial charge in [-0.25, -0.2) is 0 Å². The maximum Gasteiger partial charge on any atom is 0.119 e. The number of azo groups is 2. The zero-order valence-electron chi connectivity index (χ0n) is 24.9. The number of rotatable bonds is 17. The first-order valence-electron chi connectivity index (χ1n) is 15.1. The predicted octanol–water partition coefficient (Wildman–Crippen LogP) is 11.6. The van der Waals surface area contributed by atoms with Crippen LogP contribution in [-0.4, -0.2) is 13.2 Å². The SMILES string of the molecule is CCCCCc1ccc(N=Nc2ccc(OCCCCCCOc3ccc(N=Nc4ccc(C)cc4)cc3)cc2)cc1. The van der Waals surface area contributed by atoms with Crippen LogP contribution in [0.5, 0.6) is 11.5 Å². The molecule has 0 radical (unpaired) electrons. The van der Waals surface area contributed by atoms with E-state index in [2.05, 4.69) is 46.4 Å². The van der Waals surface area contributed by atoms with Crippen LogP contribution in [0.4, 0.5) is 22.7 Å². The van der Waals surface area contributed by atoms with E-state index in [1.807, 2.05) is 84.9 Å². The van der Waals surface area contributed by atoms with E-state index in [9.17, 15) is 0 Å². The van der Waals surface area contributed by atoms with Crippen molar-refractivity contribution in [3.63, 3.8) is 0 Å². The minimum absolute atomic E-state index is 0.699. The Morgan fingerprint density at radius 2 is 0.857 bits per heavy atom. The van der Waals surface area contributed by atoms with Crippen molar-refractivity contribution in [3.05, 3.63) is 108 Å². The predicted molar refractivity (Wildman–Crippen MR) is 172 cm³/mol. The lowest BCUT2D eigenvalue weighted by Crippen LogP contribution is -1.99. The molecule has 0 heterocycles. The molecular weight excluding hydrogens is 520 g/mol. The van der Waals surface area contributed by atoms with Crippen molar-refractivity contribution < 1.29 is 9.47 Å². The summed E-state index contributed by atoms with van der Waals surface area (Å²) in [7, 11) is 0. The third-order valence-electron chi connectivity index (χ3n) is 6.85. The van der Waals surface area contributed by atoms with E-state index in [0.717, 1.165) is 66.4 Å².